The predicted octanol–water partition coefficient (Wildman–Crippen LogP) is 0.953. The Balaban J connectivity index is 1.81. The number of imidazole rings is 1. The van der Waals surface area contributed by atoms with Crippen LogP contribution < -0.4 is 4.72 Å². The van der Waals surface area contributed by atoms with Crippen LogP contribution in [0.5, 0.6) is 0 Å². The van der Waals surface area contributed by atoms with Crippen molar-refractivity contribution in [3.05, 3.63) is 28.9 Å². The lowest BCUT2D eigenvalue weighted by Crippen LogP contribution is -2.27. The van der Waals surface area contributed by atoms with Crippen molar-refractivity contribution < 1.29 is 12.9 Å². The number of halogens is 1. The molecule has 0 fully saturated rings. The highest BCUT2D eigenvalue weighted by molar-refractivity contribution is 7.89. The van der Waals surface area contributed by atoms with Gasteiger partial charge in [0.15, 0.2) is 21.0 Å². The molecule has 0 saturated heterocycles. The van der Waals surface area contributed by atoms with Gasteiger partial charge in [0.1, 0.15) is 0 Å². The molecule has 3 aromatic rings. The second-order valence-electron chi connectivity index (χ2n) is 3.76. The molecule has 0 aliphatic heterocycles. The van der Waals surface area contributed by atoms with Crippen LogP contribution in [0.25, 0.3) is 4.96 Å². The van der Waals surface area contributed by atoms with Gasteiger partial charge in [-0.15, -0.1) is 11.3 Å². The topological polar surface area (TPSA) is 102 Å². The molecular weight excluding hydrogens is 326 g/mol. The van der Waals surface area contributed by atoms with Crippen LogP contribution in [0.3, 0.4) is 0 Å². The van der Waals surface area contributed by atoms with Crippen molar-refractivity contribution in [2.24, 2.45) is 0 Å². The van der Waals surface area contributed by atoms with Crippen molar-refractivity contribution in [2.75, 3.05) is 6.54 Å². The molecule has 11 heteroatoms. The minimum absolute atomic E-state index is 0.0519. The van der Waals surface area contributed by atoms with Gasteiger partial charge in [0.25, 0.3) is 10.0 Å². The quantitative estimate of drug-likeness (QED) is 0.745. The number of fused-ring (bicyclic) bond motifs is 1. The number of aromatic nitrogens is 4. The molecule has 0 atom stereocenters. The zero-order chi connectivity index (χ0) is 14.2. The van der Waals surface area contributed by atoms with E-state index in [2.05, 4.69) is 24.4 Å². The summed E-state index contributed by atoms with van der Waals surface area (Å²) < 4.78 is 32.9. The molecule has 0 bridgehead atoms. The number of nitrogens with one attached hydrogen (secondary N) is 1. The second kappa shape index (κ2) is 5.13. The third-order valence-electron chi connectivity index (χ3n) is 2.48. The van der Waals surface area contributed by atoms with Crippen LogP contribution in [-0.4, -0.2) is 34.5 Å². The van der Waals surface area contributed by atoms with Crippen molar-refractivity contribution in [3.8, 4) is 0 Å². The van der Waals surface area contributed by atoms with E-state index >= 15 is 0 Å². The second-order valence-corrected chi connectivity index (χ2v) is 6.67. The molecule has 3 heterocycles. The number of hydrogen-bond donors (Lipinski definition) is 1. The SMILES string of the molecule is O=S(=O)(NCCc1ncon1)c1c(Cl)nc2sccn12. The van der Waals surface area contributed by atoms with Gasteiger partial charge in [-0.05, 0) is 0 Å². The standard InChI is InChI=1S/C9H8ClN5O3S2/c10-7-8(15-3-4-19-9(15)13-7)20(16,17)12-2-1-6-11-5-18-14-6/h3-5,12H,1-2H2. The third kappa shape index (κ3) is 2.42. The summed E-state index contributed by atoms with van der Waals surface area (Å²) in [6.07, 6.45) is 3.11. The van der Waals surface area contributed by atoms with E-state index in [0.717, 1.165) is 0 Å². The van der Waals surface area contributed by atoms with E-state index in [-0.39, 0.29) is 16.7 Å². The molecule has 0 amide bonds. The van der Waals surface area contributed by atoms with E-state index in [9.17, 15) is 8.42 Å². The monoisotopic (exact) mass is 333 g/mol. The number of sulfonamides is 1. The molecule has 0 radical (unpaired) electrons. The highest BCUT2D eigenvalue weighted by atomic mass is 35.5. The van der Waals surface area contributed by atoms with Crippen LogP contribution in [0, 0.1) is 0 Å². The summed E-state index contributed by atoms with van der Waals surface area (Å²) in [6, 6.07) is 0. The fourth-order valence-electron chi connectivity index (χ4n) is 1.65. The average Bonchev–Trinajstić information content (AvgIpc) is 3.04. The van der Waals surface area contributed by atoms with Crippen LogP contribution in [-0.2, 0) is 16.4 Å². The maximum Gasteiger partial charge on any atom is 0.259 e. The Kier molecular flexibility index (Phi) is 3.46. The molecule has 0 aliphatic carbocycles. The highest BCUT2D eigenvalue weighted by Gasteiger charge is 2.24. The summed E-state index contributed by atoms with van der Waals surface area (Å²) in [5, 5.41) is 5.21. The van der Waals surface area contributed by atoms with Gasteiger partial charge < -0.3 is 4.52 Å². The Morgan fingerprint density at radius 3 is 3.10 bits per heavy atom. The summed E-state index contributed by atoms with van der Waals surface area (Å²) in [6.45, 7) is 0.134. The molecule has 0 saturated carbocycles. The highest BCUT2D eigenvalue weighted by Crippen LogP contribution is 2.25. The van der Waals surface area contributed by atoms with Gasteiger partial charge in [0.2, 0.25) is 6.39 Å². The zero-order valence-corrected chi connectivity index (χ0v) is 12.2. The molecule has 0 aromatic carbocycles. The Morgan fingerprint density at radius 2 is 2.35 bits per heavy atom. The van der Waals surface area contributed by atoms with Gasteiger partial charge in [0.05, 0.1) is 0 Å². The lowest BCUT2D eigenvalue weighted by atomic mass is 10.4. The minimum Gasteiger partial charge on any atom is -0.343 e. The largest absolute Gasteiger partial charge is 0.343 e. The van der Waals surface area contributed by atoms with Crippen LogP contribution in [0.4, 0.5) is 0 Å². The van der Waals surface area contributed by atoms with Crippen molar-refractivity contribution in [1.29, 1.82) is 0 Å². The molecule has 0 aliphatic rings. The van der Waals surface area contributed by atoms with E-state index in [1.54, 1.807) is 11.6 Å². The summed E-state index contributed by atoms with van der Waals surface area (Å²) in [5.41, 5.74) is 0. The molecule has 0 spiro atoms. The maximum atomic E-state index is 12.2. The third-order valence-corrected chi connectivity index (χ3v) is 5.10. The Bertz CT molecular complexity index is 823. The minimum atomic E-state index is -3.76. The van der Waals surface area contributed by atoms with Gasteiger partial charge in [0, 0.05) is 24.5 Å². The molecule has 1 N–H and O–H groups in total. The number of nitrogens with zero attached hydrogens (tertiary/aromatic N) is 4. The molecular formula is C9H8ClN5O3S2. The lowest BCUT2D eigenvalue weighted by molar-refractivity contribution is 0.409. The van der Waals surface area contributed by atoms with Gasteiger partial charge in [-0.25, -0.2) is 18.1 Å². The summed E-state index contributed by atoms with van der Waals surface area (Å²) in [4.78, 5) is 8.31. The molecule has 3 aromatic heterocycles. The number of hydrogen-bond acceptors (Lipinski definition) is 7. The van der Waals surface area contributed by atoms with Crippen LogP contribution >= 0.6 is 22.9 Å². The normalized spacial score (nSPS) is 12.2. The average molecular weight is 334 g/mol. The van der Waals surface area contributed by atoms with E-state index in [0.29, 0.717) is 17.2 Å². The predicted molar refractivity (Wildman–Crippen MR) is 71.3 cm³/mol. The van der Waals surface area contributed by atoms with Crippen LogP contribution in [0.1, 0.15) is 5.82 Å². The maximum absolute atomic E-state index is 12.2. The first kappa shape index (κ1) is 13.5. The van der Waals surface area contributed by atoms with Crippen molar-refractivity contribution in [3.63, 3.8) is 0 Å². The Hall–Kier alpha value is -1.49. The summed E-state index contributed by atoms with van der Waals surface area (Å²) in [7, 11) is -3.76. The number of rotatable bonds is 5. The van der Waals surface area contributed by atoms with Gasteiger partial charge in [-0.2, -0.15) is 4.98 Å². The number of thiazole rings is 1. The van der Waals surface area contributed by atoms with Gasteiger partial charge in [-0.3, -0.25) is 4.40 Å². The summed E-state index contributed by atoms with van der Waals surface area (Å²) >= 11 is 7.19. The molecule has 0 unspecified atom stereocenters. The van der Waals surface area contributed by atoms with E-state index in [4.69, 9.17) is 11.6 Å². The fraction of sp³-hybridized carbons (Fsp3) is 0.222. The first-order valence-electron chi connectivity index (χ1n) is 5.44. The zero-order valence-electron chi connectivity index (χ0n) is 9.85. The Morgan fingerprint density at radius 1 is 1.50 bits per heavy atom. The first-order chi connectivity index (χ1) is 9.58. The lowest BCUT2D eigenvalue weighted by Gasteiger charge is -2.04. The van der Waals surface area contributed by atoms with Crippen LogP contribution in [0.2, 0.25) is 5.15 Å². The first-order valence-corrected chi connectivity index (χ1v) is 8.18. The van der Waals surface area contributed by atoms with Crippen molar-refractivity contribution in [1.82, 2.24) is 24.2 Å². The Labute approximate surface area is 122 Å². The molecule has 8 nitrogen and oxygen atoms in total. The molecule has 3 rings (SSSR count). The molecule has 106 valence electrons. The van der Waals surface area contributed by atoms with E-state index in [1.807, 2.05) is 0 Å². The van der Waals surface area contributed by atoms with E-state index < -0.39 is 10.0 Å². The summed E-state index contributed by atoms with van der Waals surface area (Å²) in [5.74, 6) is 0.424. The fourth-order valence-corrected chi connectivity index (χ4v) is 4.13. The van der Waals surface area contributed by atoms with Crippen molar-refractivity contribution >= 4 is 37.9 Å². The smallest absolute Gasteiger partial charge is 0.259 e. The molecule has 20 heavy (non-hydrogen) atoms. The van der Waals surface area contributed by atoms with E-state index in [1.165, 1.54) is 22.1 Å². The van der Waals surface area contributed by atoms with Crippen LogP contribution in [0.15, 0.2) is 27.5 Å². The van der Waals surface area contributed by atoms with Crippen molar-refractivity contribution in [2.45, 2.75) is 11.4 Å². The van der Waals surface area contributed by atoms with Gasteiger partial charge >= 0.3 is 0 Å². The van der Waals surface area contributed by atoms with Gasteiger partial charge in [-0.1, -0.05) is 16.8 Å².